The van der Waals surface area contributed by atoms with Crippen LogP contribution >= 0.6 is 0 Å². The summed E-state index contributed by atoms with van der Waals surface area (Å²) in [4.78, 5) is 37.8. The van der Waals surface area contributed by atoms with Gasteiger partial charge in [0, 0.05) is 24.2 Å². The van der Waals surface area contributed by atoms with Crippen molar-refractivity contribution in [3.05, 3.63) is 69.9 Å². The number of benzene rings is 1. The number of halogens is 1. The van der Waals surface area contributed by atoms with Gasteiger partial charge in [0.05, 0.1) is 0 Å². The van der Waals surface area contributed by atoms with Crippen LogP contribution in [0.15, 0.2) is 47.4 Å². The third-order valence-electron chi connectivity index (χ3n) is 5.87. The molecular formula is C24H30FN3O3. The molecule has 166 valence electrons. The van der Waals surface area contributed by atoms with Crippen LogP contribution in [0.3, 0.4) is 0 Å². The summed E-state index contributed by atoms with van der Waals surface area (Å²) in [6.45, 7) is 4.04. The molecule has 1 fully saturated rings. The number of amides is 2. The first-order chi connectivity index (χ1) is 14.8. The van der Waals surface area contributed by atoms with Gasteiger partial charge in [-0.2, -0.15) is 0 Å². The van der Waals surface area contributed by atoms with Crippen molar-refractivity contribution in [2.45, 2.75) is 64.0 Å². The van der Waals surface area contributed by atoms with Crippen molar-refractivity contribution in [1.82, 2.24) is 15.2 Å². The van der Waals surface area contributed by atoms with Crippen molar-refractivity contribution >= 4 is 11.8 Å². The molecular weight excluding hydrogens is 397 g/mol. The van der Waals surface area contributed by atoms with E-state index in [0.29, 0.717) is 6.54 Å². The second kappa shape index (κ2) is 9.90. The molecule has 0 aliphatic heterocycles. The lowest BCUT2D eigenvalue weighted by molar-refractivity contribution is -0.121. The highest BCUT2D eigenvalue weighted by molar-refractivity contribution is 5.94. The van der Waals surface area contributed by atoms with Crippen LogP contribution in [0.4, 0.5) is 4.39 Å². The molecule has 31 heavy (non-hydrogen) atoms. The Balaban J connectivity index is 1.61. The normalized spacial score (nSPS) is 14.8. The number of nitrogens with zero attached hydrogens (tertiary/aromatic N) is 1. The highest BCUT2D eigenvalue weighted by Gasteiger charge is 2.22. The zero-order chi connectivity index (χ0) is 22.4. The first-order valence-corrected chi connectivity index (χ1v) is 10.8. The summed E-state index contributed by atoms with van der Waals surface area (Å²) in [6, 6.07) is 9.37. The first kappa shape index (κ1) is 22.7. The predicted octanol–water partition coefficient (Wildman–Crippen LogP) is 3.14. The Hall–Kier alpha value is -2.96. The van der Waals surface area contributed by atoms with E-state index in [-0.39, 0.29) is 35.8 Å². The Morgan fingerprint density at radius 2 is 1.77 bits per heavy atom. The zero-order valence-electron chi connectivity index (χ0n) is 18.1. The standard InChI is InChI=1S/C24H30FN3O3/c1-24(2,17-10-12-18(25)13-11-17)16-26-21(29)15-28-14-6-9-20(23(28)31)22(30)27-19-7-4-3-5-8-19/h6,9-14,19H,3-5,7-8,15-16H2,1-2H3,(H,26,29)(H,27,30). The molecule has 0 unspecified atom stereocenters. The van der Waals surface area contributed by atoms with Crippen LogP contribution in [-0.4, -0.2) is 29.0 Å². The number of carbonyl (C=O) groups excluding carboxylic acids is 2. The van der Waals surface area contributed by atoms with Crippen molar-refractivity contribution in [2.75, 3.05) is 6.54 Å². The number of hydrogen-bond acceptors (Lipinski definition) is 3. The number of pyridine rings is 1. The van der Waals surface area contributed by atoms with Gasteiger partial charge in [-0.3, -0.25) is 14.4 Å². The van der Waals surface area contributed by atoms with E-state index in [1.165, 1.54) is 35.4 Å². The number of hydrogen-bond donors (Lipinski definition) is 2. The third kappa shape index (κ3) is 6.03. The minimum absolute atomic E-state index is 0.0486. The molecule has 2 amide bonds. The van der Waals surface area contributed by atoms with E-state index in [2.05, 4.69) is 10.6 Å². The fraction of sp³-hybridized carbons (Fsp3) is 0.458. The van der Waals surface area contributed by atoms with E-state index in [1.807, 2.05) is 13.8 Å². The first-order valence-electron chi connectivity index (χ1n) is 10.8. The Labute approximate surface area is 181 Å². The summed E-state index contributed by atoms with van der Waals surface area (Å²) < 4.78 is 14.4. The zero-order valence-corrected chi connectivity index (χ0v) is 18.1. The van der Waals surface area contributed by atoms with E-state index >= 15 is 0 Å². The topological polar surface area (TPSA) is 80.2 Å². The van der Waals surface area contributed by atoms with Crippen LogP contribution in [0.5, 0.6) is 0 Å². The molecule has 1 saturated carbocycles. The van der Waals surface area contributed by atoms with Crippen LogP contribution in [0, 0.1) is 5.82 Å². The lowest BCUT2D eigenvalue weighted by Crippen LogP contribution is -2.42. The van der Waals surface area contributed by atoms with Gasteiger partial charge in [0.2, 0.25) is 5.91 Å². The minimum atomic E-state index is -0.483. The molecule has 0 bridgehead atoms. The van der Waals surface area contributed by atoms with Gasteiger partial charge in [-0.05, 0) is 42.7 Å². The van der Waals surface area contributed by atoms with Crippen LogP contribution < -0.4 is 16.2 Å². The number of nitrogens with one attached hydrogen (secondary N) is 2. The molecule has 0 atom stereocenters. The van der Waals surface area contributed by atoms with Gasteiger partial charge in [-0.15, -0.1) is 0 Å². The summed E-state index contributed by atoms with van der Waals surface area (Å²) in [5, 5.41) is 5.78. The van der Waals surface area contributed by atoms with Crippen molar-refractivity contribution in [1.29, 1.82) is 0 Å². The highest BCUT2D eigenvalue weighted by atomic mass is 19.1. The van der Waals surface area contributed by atoms with Gasteiger partial charge in [0.25, 0.3) is 11.5 Å². The van der Waals surface area contributed by atoms with E-state index in [4.69, 9.17) is 0 Å². The summed E-state index contributed by atoms with van der Waals surface area (Å²) in [7, 11) is 0. The Kier molecular flexibility index (Phi) is 7.25. The molecule has 0 spiro atoms. The summed E-state index contributed by atoms with van der Waals surface area (Å²) in [5.41, 5.74) is 0.0554. The quantitative estimate of drug-likeness (QED) is 0.712. The van der Waals surface area contributed by atoms with E-state index < -0.39 is 11.0 Å². The molecule has 1 aromatic carbocycles. The molecule has 2 aromatic rings. The van der Waals surface area contributed by atoms with Crippen molar-refractivity contribution in [3.8, 4) is 0 Å². The molecule has 2 N–H and O–H groups in total. The summed E-state index contributed by atoms with van der Waals surface area (Å²) >= 11 is 0. The van der Waals surface area contributed by atoms with Gasteiger partial charge >= 0.3 is 0 Å². The molecule has 1 heterocycles. The smallest absolute Gasteiger partial charge is 0.263 e. The summed E-state index contributed by atoms with van der Waals surface area (Å²) in [5.74, 6) is -1.03. The fourth-order valence-electron chi connectivity index (χ4n) is 3.88. The monoisotopic (exact) mass is 427 g/mol. The van der Waals surface area contributed by atoms with Crippen LogP contribution in [0.1, 0.15) is 61.9 Å². The number of aromatic nitrogens is 1. The minimum Gasteiger partial charge on any atom is -0.354 e. The van der Waals surface area contributed by atoms with Crippen LogP contribution in [-0.2, 0) is 16.8 Å². The largest absolute Gasteiger partial charge is 0.354 e. The van der Waals surface area contributed by atoms with Crippen LogP contribution in [0.2, 0.25) is 0 Å². The van der Waals surface area contributed by atoms with Gasteiger partial charge < -0.3 is 15.2 Å². The average molecular weight is 428 g/mol. The predicted molar refractivity (Wildman–Crippen MR) is 117 cm³/mol. The molecule has 0 saturated heterocycles. The van der Waals surface area contributed by atoms with Gasteiger partial charge in [0.1, 0.15) is 17.9 Å². The number of rotatable bonds is 7. The fourth-order valence-corrected chi connectivity index (χ4v) is 3.88. The maximum atomic E-state index is 13.2. The average Bonchev–Trinajstić information content (AvgIpc) is 2.75. The van der Waals surface area contributed by atoms with Crippen molar-refractivity contribution in [3.63, 3.8) is 0 Å². The number of carbonyl (C=O) groups is 2. The molecule has 6 nitrogen and oxygen atoms in total. The van der Waals surface area contributed by atoms with Crippen molar-refractivity contribution in [2.24, 2.45) is 0 Å². The van der Waals surface area contributed by atoms with E-state index in [9.17, 15) is 18.8 Å². The van der Waals surface area contributed by atoms with Gasteiger partial charge in [-0.1, -0.05) is 45.2 Å². The molecule has 1 aromatic heterocycles. The lowest BCUT2D eigenvalue weighted by atomic mass is 9.84. The van der Waals surface area contributed by atoms with Crippen molar-refractivity contribution < 1.29 is 14.0 Å². The lowest BCUT2D eigenvalue weighted by Gasteiger charge is -2.25. The molecule has 1 aliphatic rings. The highest BCUT2D eigenvalue weighted by Crippen LogP contribution is 2.22. The summed E-state index contributed by atoms with van der Waals surface area (Å²) in [6.07, 6.45) is 6.71. The third-order valence-corrected chi connectivity index (χ3v) is 5.87. The molecule has 7 heteroatoms. The van der Waals surface area contributed by atoms with Gasteiger partial charge in [0.15, 0.2) is 0 Å². The SMILES string of the molecule is CC(C)(CNC(=O)Cn1cccc(C(=O)NC2CCCCC2)c1=O)c1ccc(F)cc1. The molecule has 1 aliphatic carbocycles. The maximum Gasteiger partial charge on any atom is 0.263 e. The molecule has 3 rings (SSSR count). The van der Waals surface area contributed by atoms with Crippen LogP contribution in [0.25, 0.3) is 0 Å². The van der Waals surface area contributed by atoms with Gasteiger partial charge in [-0.25, -0.2) is 4.39 Å². The van der Waals surface area contributed by atoms with E-state index in [0.717, 1.165) is 31.2 Å². The Bertz CT molecular complexity index is 976. The maximum absolute atomic E-state index is 13.2. The Morgan fingerprint density at radius 3 is 2.45 bits per heavy atom. The molecule has 0 radical (unpaired) electrons. The van der Waals surface area contributed by atoms with E-state index in [1.54, 1.807) is 18.2 Å². The second-order valence-electron chi connectivity index (χ2n) is 8.83. The Morgan fingerprint density at radius 1 is 1.10 bits per heavy atom. The second-order valence-corrected chi connectivity index (χ2v) is 8.83.